The number of carbonyl (C=O) groups excluding carboxylic acids is 1. The molecule has 1 aromatic rings. The fourth-order valence-corrected chi connectivity index (χ4v) is 3.78. The summed E-state index contributed by atoms with van der Waals surface area (Å²) < 4.78 is 0. The van der Waals surface area contributed by atoms with Crippen molar-refractivity contribution < 1.29 is 4.79 Å². The van der Waals surface area contributed by atoms with Crippen LogP contribution in [0, 0.1) is 6.92 Å². The van der Waals surface area contributed by atoms with Crippen LogP contribution in [-0.4, -0.2) is 36.5 Å². The minimum atomic E-state index is 0. The SMILES string of the molecule is CCCN(C(=O)c1cc(C)c(CC)s1)C1CCNC1.Cl. The number of nitrogens with zero attached hydrogens (tertiary/aromatic N) is 1. The Morgan fingerprint density at radius 2 is 2.25 bits per heavy atom. The van der Waals surface area contributed by atoms with Crippen molar-refractivity contribution in [3.8, 4) is 0 Å². The normalized spacial score (nSPS) is 17.9. The fourth-order valence-electron chi connectivity index (χ4n) is 2.71. The maximum atomic E-state index is 12.7. The number of thiophene rings is 1. The van der Waals surface area contributed by atoms with Gasteiger partial charge in [0.25, 0.3) is 5.91 Å². The molecule has 1 aliphatic heterocycles. The largest absolute Gasteiger partial charge is 0.334 e. The third-order valence-corrected chi connectivity index (χ3v) is 5.12. The Morgan fingerprint density at radius 3 is 2.75 bits per heavy atom. The molecule has 1 atom stereocenters. The van der Waals surface area contributed by atoms with E-state index in [-0.39, 0.29) is 18.3 Å². The highest BCUT2D eigenvalue weighted by Gasteiger charge is 2.27. The van der Waals surface area contributed by atoms with E-state index in [0.717, 1.165) is 43.8 Å². The summed E-state index contributed by atoms with van der Waals surface area (Å²) in [6.45, 7) is 9.23. The standard InChI is InChI=1S/C15H24N2OS.ClH/c1-4-8-17(12-6-7-16-10-12)15(18)14-9-11(3)13(5-2)19-14;/h9,12,16H,4-8,10H2,1-3H3;1H. The molecule has 5 heteroatoms. The second kappa shape index (κ2) is 8.01. The first-order valence-corrected chi connectivity index (χ1v) is 8.10. The summed E-state index contributed by atoms with van der Waals surface area (Å²) in [5.74, 6) is 0.225. The molecule has 0 aromatic carbocycles. The zero-order chi connectivity index (χ0) is 13.8. The van der Waals surface area contributed by atoms with Gasteiger partial charge in [-0.05, 0) is 44.4 Å². The molecule has 1 fully saturated rings. The molecule has 114 valence electrons. The summed E-state index contributed by atoms with van der Waals surface area (Å²) in [4.78, 5) is 17.0. The Labute approximate surface area is 132 Å². The quantitative estimate of drug-likeness (QED) is 0.904. The van der Waals surface area contributed by atoms with Crippen molar-refractivity contribution in [2.75, 3.05) is 19.6 Å². The van der Waals surface area contributed by atoms with Crippen LogP contribution in [0.15, 0.2) is 6.07 Å². The van der Waals surface area contributed by atoms with Gasteiger partial charge in [-0.2, -0.15) is 0 Å². The van der Waals surface area contributed by atoms with Gasteiger partial charge in [-0.15, -0.1) is 23.7 Å². The Balaban J connectivity index is 0.00000200. The van der Waals surface area contributed by atoms with E-state index in [2.05, 4.69) is 37.1 Å². The lowest BCUT2D eigenvalue weighted by Gasteiger charge is -2.27. The van der Waals surface area contributed by atoms with Crippen LogP contribution in [0.1, 0.15) is 46.8 Å². The highest BCUT2D eigenvalue weighted by Crippen LogP contribution is 2.25. The second-order valence-electron chi connectivity index (χ2n) is 5.22. The monoisotopic (exact) mass is 316 g/mol. The highest BCUT2D eigenvalue weighted by atomic mass is 35.5. The summed E-state index contributed by atoms with van der Waals surface area (Å²) in [7, 11) is 0. The number of nitrogens with one attached hydrogen (secondary N) is 1. The Kier molecular flexibility index (Phi) is 7.00. The maximum Gasteiger partial charge on any atom is 0.264 e. The van der Waals surface area contributed by atoms with Crippen molar-refractivity contribution in [3.05, 3.63) is 21.4 Å². The lowest BCUT2D eigenvalue weighted by Crippen LogP contribution is -2.41. The number of aryl methyl sites for hydroxylation is 2. The average molecular weight is 317 g/mol. The second-order valence-corrected chi connectivity index (χ2v) is 6.35. The van der Waals surface area contributed by atoms with Gasteiger partial charge in [-0.3, -0.25) is 4.79 Å². The van der Waals surface area contributed by atoms with E-state index in [1.807, 2.05) is 0 Å². The van der Waals surface area contributed by atoms with Crippen molar-refractivity contribution in [2.45, 2.75) is 46.1 Å². The predicted molar refractivity (Wildman–Crippen MR) is 88.3 cm³/mol. The highest BCUT2D eigenvalue weighted by molar-refractivity contribution is 7.14. The molecule has 0 bridgehead atoms. The van der Waals surface area contributed by atoms with Crippen molar-refractivity contribution in [2.24, 2.45) is 0 Å². The first kappa shape index (κ1) is 17.5. The van der Waals surface area contributed by atoms with E-state index >= 15 is 0 Å². The first-order chi connectivity index (χ1) is 9.17. The van der Waals surface area contributed by atoms with Gasteiger partial charge in [0, 0.05) is 24.0 Å². The van der Waals surface area contributed by atoms with Crippen molar-refractivity contribution in [1.29, 1.82) is 0 Å². The minimum absolute atomic E-state index is 0. The summed E-state index contributed by atoms with van der Waals surface area (Å²) in [6, 6.07) is 2.44. The molecular weight excluding hydrogens is 292 g/mol. The molecular formula is C15H25ClN2OS. The molecule has 1 unspecified atom stereocenters. The lowest BCUT2D eigenvalue weighted by molar-refractivity contribution is 0.0697. The minimum Gasteiger partial charge on any atom is -0.334 e. The Morgan fingerprint density at radius 1 is 1.50 bits per heavy atom. The van der Waals surface area contributed by atoms with E-state index in [0.29, 0.717) is 6.04 Å². The van der Waals surface area contributed by atoms with Gasteiger partial charge in [0.05, 0.1) is 4.88 Å². The summed E-state index contributed by atoms with van der Waals surface area (Å²) in [6.07, 6.45) is 3.12. The van der Waals surface area contributed by atoms with E-state index in [1.165, 1.54) is 10.4 Å². The molecule has 1 aromatic heterocycles. The number of carbonyl (C=O) groups is 1. The smallest absolute Gasteiger partial charge is 0.264 e. The van der Waals surface area contributed by atoms with Crippen LogP contribution in [0.2, 0.25) is 0 Å². The molecule has 1 N–H and O–H groups in total. The molecule has 1 aliphatic rings. The Bertz CT molecular complexity index is 441. The molecule has 20 heavy (non-hydrogen) atoms. The molecule has 2 rings (SSSR count). The van der Waals surface area contributed by atoms with Crippen LogP contribution in [-0.2, 0) is 6.42 Å². The predicted octanol–water partition coefficient (Wildman–Crippen LogP) is 3.25. The third-order valence-electron chi connectivity index (χ3n) is 3.75. The van der Waals surface area contributed by atoms with Gasteiger partial charge in [-0.1, -0.05) is 13.8 Å². The van der Waals surface area contributed by atoms with E-state index < -0.39 is 0 Å². The molecule has 0 spiro atoms. The fraction of sp³-hybridized carbons (Fsp3) is 0.667. The van der Waals surface area contributed by atoms with Gasteiger partial charge in [0.2, 0.25) is 0 Å². The molecule has 1 saturated heterocycles. The Hall–Kier alpha value is -0.580. The first-order valence-electron chi connectivity index (χ1n) is 7.28. The van der Waals surface area contributed by atoms with E-state index in [1.54, 1.807) is 11.3 Å². The van der Waals surface area contributed by atoms with Gasteiger partial charge in [0.1, 0.15) is 0 Å². The summed E-state index contributed by atoms with van der Waals surface area (Å²) in [5, 5.41) is 3.35. The van der Waals surface area contributed by atoms with Gasteiger partial charge in [0.15, 0.2) is 0 Å². The lowest BCUT2D eigenvalue weighted by atomic mass is 10.2. The molecule has 1 amide bonds. The van der Waals surface area contributed by atoms with Gasteiger partial charge < -0.3 is 10.2 Å². The van der Waals surface area contributed by atoms with E-state index in [9.17, 15) is 4.79 Å². The maximum absolute atomic E-state index is 12.7. The molecule has 2 heterocycles. The zero-order valence-corrected chi connectivity index (χ0v) is 14.2. The van der Waals surface area contributed by atoms with Crippen molar-refractivity contribution >= 4 is 29.7 Å². The number of halogens is 1. The molecule has 3 nitrogen and oxygen atoms in total. The molecule has 0 saturated carbocycles. The zero-order valence-electron chi connectivity index (χ0n) is 12.6. The summed E-state index contributed by atoms with van der Waals surface area (Å²) in [5.41, 5.74) is 1.26. The van der Waals surface area contributed by atoms with Crippen LogP contribution in [0.4, 0.5) is 0 Å². The van der Waals surface area contributed by atoms with Gasteiger partial charge >= 0.3 is 0 Å². The van der Waals surface area contributed by atoms with Crippen molar-refractivity contribution in [1.82, 2.24) is 10.2 Å². The molecule has 0 aliphatic carbocycles. The average Bonchev–Trinajstić information content (AvgIpc) is 3.04. The van der Waals surface area contributed by atoms with Crippen LogP contribution in [0.3, 0.4) is 0 Å². The van der Waals surface area contributed by atoms with Crippen LogP contribution in [0.5, 0.6) is 0 Å². The van der Waals surface area contributed by atoms with Crippen molar-refractivity contribution in [3.63, 3.8) is 0 Å². The number of hydrogen-bond acceptors (Lipinski definition) is 3. The molecule has 0 radical (unpaired) electrons. The van der Waals surface area contributed by atoms with Crippen LogP contribution >= 0.6 is 23.7 Å². The van der Waals surface area contributed by atoms with Gasteiger partial charge in [-0.25, -0.2) is 0 Å². The third kappa shape index (κ3) is 3.74. The number of rotatable bonds is 5. The number of hydrogen-bond donors (Lipinski definition) is 1. The number of amides is 1. The van der Waals surface area contributed by atoms with E-state index in [4.69, 9.17) is 0 Å². The topological polar surface area (TPSA) is 32.3 Å². The summed E-state index contributed by atoms with van der Waals surface area (Å²) >= 11 is 1.67. The van der Waals surface area contributed by atoms with Crippen LogP contribution < -0.4 is 5.32 Å². The van der Waals surface area contributed by atoms with Crippen LogP contribution in [0.25, 0.3) is 0 Å².